The normalized spacial score (nSPS) is 9.35. The van der Waals surface area contributed by atoms with Crippen LogP contribution in [0.5, 0.6) is 0 Å². The zero-order valence-electron chi connectivity index (χ0n) is 9.97. The van der Waals surface area contributed by atoms with E-state index in [1.54, 1.807) is 0 Å². The largest absolute Gasteiger partial charge is 0.390 e. The molecule has 0 unspecified atom stereocenters. The van der Waals surface area contributed by atoms with Crippen molar-refractivity contribution in [2.45, 2.75) is 20.5 Å². The van der Waals surface area contributed by atoms with E-state index in [2.05, 4.69) is 9.97 Å². The molecule has 0 aliphatic rings. The summed E-state index contributed by atoms with van der Waals surface area (Å²) in [5.41, 5.74) is 2.67. The van der Waals surface area contributed by atoms with Crippen molar-refractivity contribution in [2.24, 2.45) is 0 Å². The molecule has 0 radical (unpaired) electrons. The van der Waals surface area contributed by atoms with E-state index in [4.69, 9.17) is 9.90 Å². The number of H-pyrrole nitrogens is 1. The number of aliphatic hydroxyl groups excluding tert-OH is 1. The summed E-state index contributed by atoms with van der Waals surface area (Å²) in [6.07, 6.45) is 0.750. The second-order valence-corrected chi connectivity index (χ2v) is 3.42. The number of aldehydes is 1. The van der Waals surface area contributed by atoms with Gasteiger partial charge in [-0.3, -0.25) is 0 Å². The number of hydrogen-bond donors (Lipinski definition) is 2. The van der Waals surface area contributed by atoms with E-state index in [1.165, 1.54) is 6.92 Å². The summed E-state index contributed by atoms with van der Waals surface area (Å²) < 4.78 is 0. The highest BCUT2D eigenvalue weighted by Crippen LogP contribution is 2.17. The molecule has 0 atom stereocenters. The van der Waals surface area contributed by atoms with E-state index in [0.29, 0.717) is 5.69 Å². The lowest BCUT2D eigenvalue weighted by molar-refractivity contribution is -0.106. The lowest BCUT2D eigenvalue weighted by Gasteiger charge is -1.93. The lowest BCUT2D eigenvalue weighted by Crippen LogP contribution is -1.85. The maximum absolute atomic E-state index is 9.00. The molecule has 0 fully saturated rings. The lowest BCUT2D eigenvalue weighted by atomic mass is 10.2. The van der Waals surface area contributed by atoms with Crippen molar-refractivity contribution in [1.29, 1.82) is 0 Å². The number of aromatic nitrogens is 2. The number of imidazole rings is 1. The maximum Gasteiger partial charge on any atom is 0.137 e. The van der Waals surface area contributed by atoms with Crippen LogP contribution in [0.1, 0.15) is 18.3 Å². The Morgan fingerprint density at radius 1 is 1.35 bits per heavy atom. The summed E-state index contributed by atoms with van der Waals surface area (Å²) >= 11 is 0. The van der Waals surface area contributed by atoms with Crippen LogP contribution in [0.3, 0.4) is 0 Å². The van der Waals surface area contributed by atoms with Crippen LogP contribution in [0, 0.1) is 6.92 Å². The first-order valence-corrected chi connectivity index (χ1v) is 5.34. The molecule has 17 heavy (non-hydrogen) atoms. The van der Waals surface area contributed by atoms with E-state index in [-0.39, 0.29) is 6.61 Å². The zero-order chi connectivity index (χ0) is 12.7. The SMILES string of the molecule is CC=O.Cc1[nH]c(-c2ccccc2)nc1CO. The number of hydrogen-bond acceptors (Lipinski definition) is 3. The third-order valence-electron chi connectivity index (χ3n) is 2.18. The Labute approximate surface area is 100 Å². The molecular weight excluding hydrogens is 216 g/mol. The van der Waals surface area contributed by atoms with Gasteiger partial charge >= 0.3 is 0 Å². The highest BCUT2D eigenvalue weighted by Gasteiger charge is 2.06. The molecule has 0 spiro atoms. The van der Waals surface area contributed by atoms with Gasteiger partial charge in [0.2, 0.25) is 0 Å². The van der Waals surface area contributed by atoms with Crippen LogP contribution < -0.4 is 0 Å². The molecule has 2 N–H and O–H groups in total. The van der Waals surface area contributed by atoms with Gasteiger partial charge in [-0.05, 0) is 13.8 Å². The molecule has 0 aliphatic carbocycles. The van der Waals surface area contributed by atoms with Gasteiger partial charge in [-0.15, -0.1) is 0 Å². The monoisotopic (exact) mass is 232 g/mol. The van der Waals surface area contributed by atoms with Crippen LogP contribution >= 0.6 is 0 Å². The van der Waals surface area contributed by atoms with Gasteiger partial charge in [0.15, 0.2) is 0 Å². The fraction of sp³-hybridized carbons (Fsp3) is 0.231. The van der Waals surface area contributed by atoms with Crippen molar-refractivity contribution in [3.8, 4) is 11.4 Å². The number of carbonyl (C=O) groups excluding carboxylic acids is 1. The number of aryl methyl sites for hydroxylation is 1. The first-order valence-electron chi connectivity index (χ1n) is 5.34. The smallest absolute Gasteiger partial charge is 0.137 e. The first-order chi connectivity index (χ1) is 8.22. The number of benzene rings is 1. The predicted octanol–water partition coefficient (Wildman–Crippen LogP) is 2.08. The fourth-order valence-electron chi connectivity index (χ4n) is 1.38. The zero-order valence-corrected chi connectivity index (χ0v) is 9.97. The van der Waals surface area contributed by atoms with Gasteiger partial charge in [0.05, 0.1) is 12.3 Å². The Kier molecular flexibility index (Phi) is 5.10. The summed E-state index contributed by atoms with van der Waals surface area (Å²) in [7, 11) is 0. The molecule has 1 aromatic carbocycles. The van der Waals surface area contributed by atoms with Gasteiger partial charge in [0.1, 0.15) is 12.1 Å². The Morgan fingerprint density at radius 3 is 2.41 bits per heavy atom. The van der Waals surface area contributed by atoms with E-state index >= 15 is 0 Å². The highest BCUT2D eigenvalue weighted by molar-refractivity contribution is 5.55. The van der Waals surface area contributed by atoms with Crippen LogP contribution in [-0.2, 0) is 11.4 Å². The third kappa shape index (κ3) is 3.53. The van der Waals surface area contributed by atoms with Crippen LogP contribution in [0.25, 0.3) is 11.4 Å². The van der Waals surface area contributed by atoms with Gasteiger partial charge < -0.3 is 14.9 Å². The number of nitrogens with one attached hydrogen (secondary N) is 1. The molecule has 2 rings (SSSR count). The Bertz CT molecular complexity index is 464. The summed E-state index contributed by atoms with van der Waals surface area (Å²) in [5, 5.41) is 9.00. The number of rotatable bonds is 2. The van der Waals surface area contributed by atoms with Crippen molar-refractivity contribution in [1.82, 2.24) is 9.97 Å². The van der Waals surface area contributed by atoms with Gasteiger partial charge in [-0.1, -0.05) is 30.3 Å². The standard InChI is InChI=1S/C11H12N2O.C2H4O/c1-8-10(7-14)13-11(12-8)9-5-3-2-4-6-9;1-2-3/h2-6,14H,7H2,1H3,(H,12,13);2H,1H3. The second-order valence-electron chi connectivity index (χ2n) is 3.42. The molecule has 0 aliphatic heterocycles. The summed E-state index contributed by atoms with van der Waals surface area (Å²) in [4.78, 5) is 16.2. The molecule has 90 valence electrons. The molecular formula is C13H16N2O2. The highest BCUT2D eigenvalue weighted by atomic mass is 16.3. The topological polar surface area (TPSA) is 66.0 Å². The summed E-state index contributed by atoms with van der Waals surface area (Å²) in [5.74, 6) is 0.812. The quantitative estimate of drug-likeness (QED) is 0.779. The third-order valence-corrected chi connectivity index (χ3v) is 2.18. The van der Waals surface area contributed by atoms with E-state index < -0.39 is 0 Å². The van der Waals surface area contributed by atoms with Gasteiger partial charge in [0, 0.05) is 11.3 Å². The van der Waals surface area contributed by atoms with Crippen molar-refractivity contribution in [3.05, 3.63) is 41.7 Å². The van der Waals surface area contributed by atoms with Crippen LogP contribution in [-0.4, -0.2) is 21.4 Å². The van der Waals surface area contributed by atoms with E-state index in [0.717, 1.165) is 23.4 Å². The van der Waals surface area contributed by atoms with Crippen molar-refractivity contribution >= 4 is 6.29 Å². The number of aromatic amines is 1. The second kappa shape index (κ2) is 6.60. The van der Waals surface area contributed by atoms with Crippen LogP contribution in [0.2, 0.25) is 0 Å². The van der Waals surface area contributed by atoms with Gasteiger partial charge in [-0.25, -0.2) is 4.98 Å². The van der Waals surface area contributed by atoms with Crippen molar-refractivity contribution in [3.63, 3.8) is 0 Å². The predicted molar refractivity (Wildman–Crippen MR) is 66.4 cm³/mol. The van der Waals surface area contributed by atoms with Crippen molar-refractivity contribution < 1.29 is 9.90 Å². The molecule has 1 heterocycles. The Morgan fingerprint density at radius 2 is 1.94 bits per heavy atom. The van der Waals surface area contributed by atoms with Crippen molar-refractivity contribution in [2.75, 3.05) is 0 Å². The molecule has 4 nitrogen and oxygen atoms in total. The maximum atomic E-state index is 9.00. The van der Waals surface area contributed by atoms with E-state index in [9.17, 15) is 0 Å². The first kappa shape index (κ1) is 13.1. The minimum absolute atomic E-state index is 0.0187. The number of carbonyl (C=O) groups is 1. The molecule has 4 heteroatoms. The molecule has 2 aromatic rings. The fourth-order valence-corrected chi connectivity index (χ4v) is 1.38. The van der Waals surface area contributed by atoms with Gasteiger partial charge in [0.25, 0.3) is 0 Å². The average Bonchev–Trinajstić information content (AvgIpc) is 2.73. The Balaban J connectivity index is 0.000000437. The minimum atomic E-state index is -0.0187. The number of nitrogens with zero attached hydrogens (tertiary/aromatic N) is 1. The summed E-state index contributed by atoms with van der Waals surface area (Å²) in [6.45, 7) is 3.33. The molecule has 1 aromatic heterocycles. The van der Waals surface area contributed by atoms with Crippen LogP contribution in [0.4, 0.5) is 0 Å². The van der Waals surface area contributed by atoms with Gasteiger partial charge in [-0.2, -0.15) is 0 Å². The molecule has 0 bridgehead atoms. The molecule has 0 amide bonds. The van der Waals surface area contributed by atoms with E-state index in [1.807, 2.05) is 37.3 Å². The minimum Gasteiger partial charge on any atom is -0.390 e. The van der Waals surface area contributed by atoms with Crippen LogP contribution in [0.15, 0.2) is 30.3 Å². The number of aliphatic hydroxyl groups is 1. The molecule has 0 saturated heterocycles. The average molecular weight is 232 g/mol. The molecule has 0 saturated carbocycles. The summed E-state index contributed by atoms with van der Waals surface area (Å²) in [6, 6.07) is 9.86. The Hall–Kier alpha value is -1.94.